The molecule has 0 spiro atoms. The van der Waals surface area contributed by atoms with E-state index in [2.05, 4.69) is 10.0 Å². The summed E-state index contributed by atoms with van der Waals surface area (Å²) in [6.45, 7) is 1.19. The quantitative estimate of drug-likeness (QED) is 0.541. The average molecular weight is 552 g/mol. The highest BCUT2D eigenvalue weighted by molar-refractivity contribution is 7.89. The lowest BCUT2D eigenvalue weighted by Crippen LogP contribution is -2.47. The molecule has 9 nitrogen and oxygen atoms in total. The van der Waals surface area contributed by atoms with E-state index in [1.807, 2.05) is 12.1 Å². The number of urea groups is 1. The number of alkyl halides is 3. The molecule has 0 saturated heterocycles. The van der Waals surface area contributed by atoms with Crippen LogP contribution in [0.2, 0.25) is 0 Å². The lowest BCUT2D eigenvalue weighted by Gasteiger charge is -2.34. The lowest BCUT2D eigenvalue weighted by molar-refractivity contribution is -0.137. The number of allylic oxidation sites excluding steroid dienone is 1. The van der Waals surface area contributed by atoms with E-state index in [4.69, 9.17) is 0 Å². The van der Waals surface area contributed by atoms with Crippen LogP contribution in [0.15, 0.2) is 58.6 Å². The average Bonchev–Trinajstić information content (AvgIpc) is 2.82. The Hall–Kier alpha value is -3.72. The van der Waals surface area contributed by atoms with Gasteiger partial charge in [0, 0.05) is 35.0 Å². The number of hydrogen-bond donors (Lipinski definition) is 2. The standard InChI is InChI=1S/C23H20F3N5O4S2/c1-14-19(13-28)21(30-22(32)31(14)17-5-3-4-16(11-17)23(24,25)26)18-7-6-15(12-27)10-20(18)37(34,35)29-8-9-36(2)33/h3-7,10-11,21,29H,8-9H2,1-2H3,(H,30,32)/t21-,36?/m1/s1. The van der Waals surface area contributed by atoms with Gasteiger partial charge < -0.3 is 5.32 Å². The van der Waals surface area contributed by atoms with E-state index in [0.29, 0.717) is 0 Å². The van der Waals surface area contributed by atoms with Gasteiger partial charge in [0.15, 0.2) is 0 Å². The zero-order valence-corrected chi connectivity index (χ0v) is 21.1. The molecule has 2 aromatic rings. The third-order valence-corrected chi connectivity index (χ3v) is 7.76. The van der Waals surface area contributed by atoms with Gasteiger partial charge in [-0.15, -0.1) is 0 Å². The smallest absolute Gasteiger partial charge is 0.326 e. The molecule has 0 fully saturated rings. The maximum absolute atomic E-state index is 13.2. The van der Waals surface area contributed by atoms with Crippen LogP contribution in [0, 0.1) is 22.7 Å². The third kappa shape index (κ3) is 5.99. The lowest BCUT2D eigenvalue weighted by atomic mass is 9.94. The summed E-state index contributed by atoms with van der Waals surface area (Å²) in [5, 5.41) is 21.7. The molecule has 2 atom stereocenters. The van der Waals surface area contributed by atoms with Crippen LogP contribution in [0.3, 0.4) is 0 Å². The van der Waals surface area contributed by atoms with Crippen molar-refractivity contribution < 1.29 is 30.6 Å². The Balaban J connectivity index is 2.13. The predicted octanol–water partition coefficient (Wildman–Crippen LogP) is 3.30. The zero-order valence-electron chi connectivity index (χ0n) is 19.5. The van der Waals surface area contributed by atoms with Crippen LogP contribution in [0.4, 0.5) is 23.7 Å². The summed E-state index contributed by atoms with van der Waals surface area (Å²) in [4.78, 5) is 13.6. The van der Waals surface area contributed by atoms with Crippen molar-refractivity contribution in [2.45, 2.75) is 24.0 Å². The van der Waals surface area contributed by atoms with Crippen molar-refractivity contribution in [1.82, 2.24) is 10.0 Å². The van der Waals surface area contributed by atoms with Crippen molar-refractivity contribution in [3.8, 4) is 12.1 Å². The largest absolute Gasteiger partial charge is 0.416 e. The molecule has 1 aliphatic rings. The Morgan fingerprint density at radius 3 is 2.46 bits per heavy atom. The molecule has 1 heterocycles. The molecule has 0 saturated carbocycles. The number of anilines is 1. The Bertz CT molecular complexity index is 1490. The predicted molar refractivity (Wildman–Crippen MR) is 129 cm³/mol. The second kappa shape index (κ2) is 10.7. The number of carbonyl (C=O) groups is 1. The van der Waals surface area contributed by atoms with Crippen LogP contribution < -0.4 is 14.9 Å². The number of carbonyl (C=O) groups excluding carboxylic acids is 1. The number of amides is 2. The number of nitriles is 2. The summed E-state index contributed by atoms with van der Waals surface area (Å²) in [5.74, 6) is 0.0288. The molecule has 37 heavy (non-hydrogen) atoms. The van der Waals surface area contributed by atoms with E-state index < -0.39 is 44.6 Å². The van der Waals surface area contributed by atoms with Gasteiger partial charge in [0.05, 0.1) is 45.5 Å². The molecule has 0 radical (unpaired) electrons. The van der Waals surface area contributed by atoms with Gasteiger partial charge in [-0.2, -0.15) is 23.7 Å². The van der Waals surface area contributed by atoms with Crippen LogP contribution >= 0.6 is 0 Å². The van der Waals surface area contributed by atoms with Crippen LogP contribution in [0.1, 0.15) is 29.7 Å². The molecule has 0 bridgehead atoms. The molecule has 2 amide bonds. The van der Waals surface area contributed by atoms with Gasteiger partial charge in [-0.05, 0) is 42.8 Å². The van der Waals surface area contributed by atoms with E-state index in [1.54, 1.807) is 0 Å². The number of hydrogen-bond acceptors (Lipinski definition) is 6. The van der Waals surface area contributed by atoms with Crippen molar-refractivity contribution in [1.29, 1.82) is 10.5 Å². The maximum atomic E-state index is 13.2. The minimum atomic E-state index is -4.66. The Labute approximate surface area is 213 Å². The molecule has 1 unspecified atom stereocenters. The van der Waals surface area contributed by atoms with Crippen molar-refractivity contribution in [2.24, 2.45) is 0 Å². The van der Waals surface area contributed by atoms with Crippen molar-refractivity contribution in [2.75, 3.05) is 23.5 Å². The molecular formula is C23H20F3N5O4S2. The van der Waals surface area contributed by atoms with Gasteiger partial charge in [0.25, 0.3) is 0 Å². The fraction of sp³-hybridized carbons (Fsp3) is 0.261. The summed E-state index contributed by atoms with van der Waals surface area (Å²) in [6.07, 6.45) is -3.26. The highest BCUT2D eigenvalue weighted by atomic mass is 32.2. The van der Waals surface area contributed by atoms with Crippen LogP contribution in [-0.2, 0) is 27.0 Å². The normalized spacial score (nSPS) is 17.1. The number of nitrogens with zero attached hydrogens (tertiary/aromatic N) is 3. The van der Waals surface area contributed by atoms with Crippen LogP contribution in [0.25, 0.3) is 0 Å². The fourth-order valence-corrected chi connectivity index (χ4v) is 5.55. The molecule has 1 aliphatic heterocycles. The monoisotopic (exact) mass is 551 g/mol. The Morgan fingerprint density at radius 2 is 1.86 bits per heavy atom. The van der Waals surface area contributed by atoms with Gasteiger partial charge in [-0.25, -0.2) is 17.9 Å². The fourth-order valence-electron chi connectivity index (χ4n) is 3.73. The van der Waals surface area contributed by atoms with E-state index in [1.165, 1.54) is 31.4 Å². The first-order chi connectivity index (χ1) is 17.3. The SMILES string of the molecule is CC1=C(C#N)[C@@H](c2ccc(C#N)cc2S(=O)(=O)NCCS(C)=O)NC(=O)N1c1cccc(C(F)(F)F)c1. The van der Waals surface area contributed by atoms with E-state index in [9.17, 15) is 41.1 Å². The highest BCUT2D eigenvalue weighted by Gasteiger charge is 2.37. The minimum absolute atomic E-state index is 0.00220. The summed E-state index contributed by atoms with van der Waals surface area (Å²) >= 11 is 0. The molecular weight excluding hydrogens is 531 g/mol. The van der Waals surface area contributed by atoms with Crippen molar-refractivity contribution in [3.63, 3.8) is 0 Å². The Morgan fingerprint density at radius 1 is 1.16 bits per heavy atom. The number of halogens is 3. The summed E-state index contributed by atoms with van der Waals surface area (Å²) < 4.78 is 79.4. The van der Waals surface area contributed by atoms with E-state index in [-0.39, 0.29) is 45.3 Å². The molecule has 3 rings (SSSR count). The first kappa shape index (κ1) is 27.9. The zero-order chi connectivity index (χ0) is 27.5. The van der Waals surface area contributed by atoms with Gasteiger partial charge in [0.2, 0.25) is 10.0 Å². The van der Waals surface area contributed by atoms with Crippen LogP contribution in [0.5, 0.6) is 0 Å². The minimum Gasteiger partial charge on any atom is -0.326 e. The second-order valence-electron chi connectivity index (χ2n) is 7.92. The number of rotatable bonds is 7. The number of benzene rings is 2. The highest BCUT2D eigenvalue weighted by Crippen LogP contribution is 2.37. The first-order valence-corrected chi connectivity index (χ1v) is 13.7. The molecule has 194 valence electrons. The van der Waals surface area contributed by atoms with Crippen molar-refractivity contribution in [3.05, 3.63) is 70.4 Å². The molecule has 14 heteroatoms. The molecule has 0 aliphatic carbocycles. The number of nitrogens with one attached hydrogen (secondary N) is 2. The molecule has 2 N–H and O–H groups in total. The first-order valence-electron chi connectivity index (χ1n) is 10.5. The van der Waals surface area contributed by atoms with E-state index >= 15 is 0 Å². The third-order valence-electron chi connectivity index (χ3n) is 5.46. The maximum Gasteiger partial charge on any atom is 0.416 e. The van der Waals surface area contributed by atoms with Crippen LogP contribution in [-0.4, -0.2) is 37.2 Å². The summed E-state index contributed by atoms with van der Waals surface area (Å²) in [5.41, 5.74) is -1.29. The molecule has 2 aromatic carbocycles. The number of sulfonamides is 1. The summed E-state index contributed by atoms with van der Waals surface area (Å²) in [6, 6.07) is 9.24. The van der Waals surface area contributed by atoms with Gasteiger partial charge >= 0.3 is 12.2 Å². The van der Waals surface area contributed by atoms with Crippen molar-refractivity contribution >= 4 is 32.5 Å². The topological polar surface area (TPSA) is 143 Å². The van der Waals surface area contributed by atoms with Gasteiger partial charge in [-0.1, -0.05) is 12.1 Å². The van der Waals surface area contributed by atoms with Gasteiger partial charge in [0.1, 0.15) is 0 Å². The second-order valence-corrected chi connectivity index (χ2v) is 11.2. The summed E-state index contributed by atoms with van der Waals surface area (Å²) in [7, 11) is -5.56. The Kier molecular flexibility index (Phi) is 8.07. The van der Waals surface area contributed by atoms with Gasteiger partial charge in [-0.3, -0.25) is 9.11 Å². The molecule has 0 aromatic heterocycles. The van der Waals surface area contributed by atoms with E-state index in [0.717, 1.165) is 29.2 Å².